The molecule has 1 aromatic heterocycles. The van der Waals surface area contributed by atoms with Crippen LogP contribution in [0.3, 0.4) is 0 Å². The number of rotatable bonds is 6. The van der Waals surface area contributed by atoms with Crippen LogP contribution in [0, 0.1) is 6.92 Å². The molecule has 0 spiro atoms. The van der Waals surface area contributed by atoms with Gasteiger partial charge in [-0.05, 0) is 30.7 Å². The van der Waals surface area contributed by atoms with Gasteiger partial charge in [0.1, 0.15) is 29.4 Å². The minimum Gasteiger partial charge on any atom is -0.394 e. The Kier molecular flexibility index (Phi) is 7.22. The third kappa shape index (κ3) is 5.36. The maximum Gasteiger partial charge on any atom is 0.270 e. The maximum atomic E-state index is 12.7. The van der Waals surface area contributed by atoms with E-state index in [-0.39, 0.29) is 43.1 Å². The number of nitrogens with zero attached hydrogens (tertiary/aromatic N) is 3. The SMILES string of the molecule is Cc1nc(C(=O)NCc2ccc(Cl)c(Cl)c2)cc(C2=NOC([C@H]3CO[C@H](CO)CO3)C2)n1. The molecule has 170 valence electrons. The van der Waals surface area contributed by atoms with E-state index in [0.717, 1.165) is 5.56 Å². The first-order valence-corrected chi connectivity index (χ1v) is 10.8. The molecule has 0 aliphatic carbocycles. The fourth-order valence-corrected chi connectivity index (χ4v) is 3.70. The summed E-state index contributed by atoms with van der Waals surface area (Å²) >= 11 is 12.0. The molecule has 4 rings (SSSR count). The van der Waals surface area contributed by atoms with Crippen LogP contribution in [0.1, 0.15) is 34.0 Å². The van der Waals surface area contributed by atoms with E-state index < -0.39 is 0 Å². The van der Waals surface area contributed by atoms with E-state index in [4.69, 9.17) is 42.6 Å². The van der Waals surface area contributed by atoms with Crippen LogP contribution in [0.5, 0.6) is 0 Å². The molecule has 2 aliphatic heterocycles. The number of benzene rings is 1. The number of hydrogen-bond acceptors (Lipinski definition) is 8. The number of nitrogens with one attached hydrogen (secondary N) is 1. The lowest BCUT2D eigenvalue weighted by atomic mass is 10.0. The predicted octanol–water partition coefficient (Wildman–Crippen LogP) is 2.29. The van der Waals surface area contributed by atoms with Crippen molar-refractivity contribution < 1.29 is 24.2 Å². The van der Waals surface area contributed by atoms with Crippen molar-refractivity contribution in [1.82, 2.24) is 15.3 Å². The van der Waals surface area contributed by atoms with Gasteiger partial charge in [-0.1, -0.05) is 34.4 Å². The highest BCUT2D eigenvalue weighted by atomic mass is 35.5. The molecule has 2 aliphatic rings. The third-order valence-corrected chi connectivity index (χ3v) is 5.85. The molecular formula is C21H22Cl2N4O5. The van der Waals surface area contributed by atoms with Gasteiger partial charge >= 0.3 is 0 Å². The summed E-state index contributed by atoms with van der Waals surface area (Å²) in [6.07, 6.45) is -0.483. The normalized spacial score (nSPS) is 22.9. The fourth-order valence-electron chi connectivity index (χ4n) is 3.38. The summed E-state index contributed by atoms with van der Waals surface area (Å²) in [6.45, 7) is 2.50. The predicted molar refractivity (Wildman–Crippen MR) is 117 cm³/mol. The molecule has 1 fully saturated rings. The van der Waals surface area contributed by atoms with Crippen LogP contribution in [0.4, 0.5) is 0 Å². The van der Waals surface area contributed by atoms with Crippen LogP contribution in [0.2, 0.25) is 10.0 Å². The molecular weight excluding hydrogens is 459 g/mol. The lowest BCUT2D eigenvalue weighted by Crippen LogP contribution is -2.43. The van der Waals surface area contributed by atoms with Crippen LogP contribution in [-0.2, 0) is 20.9 Å². The lowest BCUT2D eigenvalue weighted by Gasteiger charge is -2.30. The van der Waals surface area contributed by atoms with Crippen LogP contribution in [0.15, 0.2) is 29.4 Å². The summed E-state index contributed by atoms with van der Waals surface area (Å²) in [5.74, 6) is 0.0920. The number of carbonyl (C=O) groups is 1. The molecule has 1 saturated heterocycles. The summed E-state index contributed by atoms with van der Waals surface area (Å²) in [7, 11) is 0. The van der Waals surface area contributed by atoms with Gasteiger partial charge in [0.05, 0.1) is 35.6 Å². The van der Waals surface area contributed by atoms with Crippen molar-refractivity contribution in [2.45, 2.75) is 38.2 Å². The number of amides is 1. The van der Waals surface area contributed by atoms with Gasteiger partial charge in [0, 0.05) is 13.0 Å². The molecule has 2 aromatic rings. The fraction of sp³-hybridized carbons (Fsp3) is 0.429. The largest absolute Gasteiger partial charge is 0.394 e. The molecule has 1 amide bonds. The lowest BCUT2D eigenvalue weighted by molar-refractivity contribution is -0.178. The zero-order valence-electron chi connectivity index (χ0n) is 17.3. The number of aliphatic hydroxyl groups is 1. The Morgan fingerprint density at radius 3 is 2.72 bits per heavy atom. The molecule has 0 radical (unpaired) electrons. The van der Waals surface area contributed by atoms with Crippen LogP contribution < -0.4 is 5.32 Å². The van der Waals surface area contributed by atoms with E-state index in [9.17, 15) is 4.79 Å². The number of carbonyl (C=O) groups excluding carboxylic acids is 1. The first-order chi connectivity index (χ1) is 15.4. The van der Waals surface area contributed by atoms with Crippen molar-refractivity contribution in [1.29, 1.82) is 0 Å². The van der Waals surface area contributed by atoms with Crippen molar-refractivity contribution in [3.05, 3.63) is 57.1 Å². The number of oxime groups is 1. The Morgan fingerprint density at radius 2 is 2.00 bits per heavy atom. The van der Waals surface area contributed by atoms with E-state index >= 15 is 0 Å². The molecule has 0 saturated carbocycles. The minimum atomic E-state index is -0.349. The van der Waals surface area contributed by atoms with Crippen molar-refractivity contribution in [2.75, 3.05) is 19.8 Å². The summed E-state index contributed by atoms with van der Waals surface area (Å²) in [4.78, 5) is 26.8. The van der Waals surface area contributed by atoms with Crippen LogP contribution >= 0.6 is 23.2 Å². The van der Waals surface area contributed by atoms with E-state index in [1.54, 1.807) is 31.2 Å². The highest BCUT2D eigenvalue weighted by Crippen LogP contribution is 2.24. The Labute approximate surface area is 194 Å². The zero-order valence-corrected chi connectivity index (χ0v) is 18.8. The average molecular weight is 481 g/mol. The molecule has 1 aromatic carbocycles. The van der Waals surface area contributed by atoms with Gasteiger partial charge in [-0.2, -0.15) is 0 Å². The standard InChI is InChI=1S/C21H22Cl2N4O5/c1-11-25-16(17-6-19(32-27-17)20-10-30-13(8-28)9-31-20)5-18(26-11)21(29)24-7-12-2-3-14(22)15(23)4-12/h2-5,13,19-20,28H,6-10H2,1H3,(H,24,29)/t13-,19?,20-/m1/s1. The number of aliphatic hydroxyl groups excluding tert-OH is 1. The highest BCUT2D eigenvalue weighted by molar-refractivity contribution is 6.42. The second-order valence-corrected chi connectivity index (χ2v) is 8.33. The number of aromatic nitrogens is 2. The molecule has 0 bridgehead atoms. The van der Waals surface area contributed by atoms with Gasteiger partial charge in [0.15, 0.2) is 6.10 Å². The van der Waals surface area contributed by atoms with Crippen molar-refractivity contribution in [3.8, 4) is 0 Å². The number of hydrogen-bond donors (Lipinski definition) is 2. The van der Waals surface area contributed by atoms with Gasteiger partial charge in [-0.15, -0.1) is 0 Å². The minimum absolute atomic E-state index is 0.0872. The van der Waals surface area contributed by atoms with Crippen LogP contribution in [0.25, 0.3) is 0 Å². The second-order valence-electron chi connectivity index (χ2n) is 7.51. The van der Waals surface area contributed by atoms with Gasteiger partial charge in [0.25, 0.3) is 5.91 Å². The first kappa shape index (κ1) is 22.9. The van der Waals surface area contributed by atoms with Gasteiger partial charge in [-0.25, -0.2) is 9.97 Å². The van der Waals surface area contributed by atoms with E-state index in [2.05, 4.69) is 20.4 Å². The monoisotopic (exact) mass is 480 g/mol. The third-order valence-electron chi connectivity index (χ3n) is 5.11. The Hall–Kier alpha value is -2.30. The molecule has 9 nitrogen and oxygen atoms in total. The Balaban J connectivity index is 1.39. The Bertz CT molecular complexity index is 1030. The summed E-state index contributed by atoms with van der Waals surface area (Å²) in [5.41, 5.74) is 2.16. The molecule has 2 N–H and O–H groups in total. The second kappa shape index (κ2) is 10.1. The topological polar surface area (TPSA) is 115 Å². The number of halogens is 2. The number of ether oxygens (including phenoxy) is 2. The van der Waals surface area contributed by atoms with Crippen LogP contribution in [-0.4, -0.2) is 64.8 Å². The maximum absolute atomic E-state index is 12.7. The van der Waals surface area contributed by atoms with Crippen molar-refractivity contribution >= 4 is 34.8 Å². The highest BCUT2D eigenvalue weighted by Gasteiger charge is 2.35. The number of aryl methyl sites for hydroxylation is 1. The quantitative estimate of drug-likeness (QED) is 0.651. The molecule has 32 heavy (non-hydrogen) atoms. The molecule has 3 atom stereocenters. The smallest absolute Gasteiger partial charge is 0.270 e. The van der Waals surface area contributed by atoms with Gasteiger partial charge < -0.3 is 24.7 Å². The first-order valence-electron chi connectivity index (χ1n) is 10.1. The summed E-state index contributed by atoms with van der Waals surface area (Å²) in [6, 6.07) is 6.75. The molecule has 1 unspecified atom stereocenters. The van der Waals surface area contributed by atoms with E-state index in [0.29, 0.717) is 46.9 Å². The molecule has 11 heteroatoms. The summed E-state index contributed by atoms with van der Waals surface area (Å²) < 4.78 is 11.3. The summed E-state index contributed by atoms with van der Waals surface area (Å²) in [5, 5.41) is 17.0. The van der Waals surface area contributed by atoms with E-state index in [1.807, 2.05) is 0 Å². The Morgan fingerprint density at radius 1 is 1.16 bits per heavy atom. The zero-order chi connectivity index (χ0) is 22.7. The van der Waals surface area contributed by atoms with Crippen molar-refractivity contribution in [3.63, 3.8) is 0 Å². The van der Waals surface area contributed by atoms with Gasteiger partial charge in [0.2, 0.25) is 0 Å². The average Bonchev–Trinajstić information content (AvgIpc) is 3.30. The van der Waals surface area contributed by atoms with Gasteiger partial charge in [-0.3, -0.25) is 4.79 Å². The van der Waals surface area contributed by atoms with E-state index in [1.165, 1.54) is 0 Å². The molecule has 3 heterocycles. The van der Waals surface area contributed by atoms with Crippen molar-refractivity contribution in [2.24, 2.45) is 5.16 Å².